The Balaban J connectivity index is 1.55. The molecule has 164 valence electrons. The number of aromatic nitrogens is 4. The average molecular weight is 440 g/mol. The van der Waals surface area contributed by atoms with Crippen molar-refractivity contribution in [3.63, 3.8) is 0 Å². The zero-order valence-electron chi connectivity index (χ0n) is 17.3. The van der Waals surface area contributed by atoms with E-state index in [1.54, 1.807) is 30.4 Å². The third-order valence-electron chi connectivity index (χ3n) is 4.57. The second-order valence-electron chi connectivity index (χ2n) is 6.53. The quantitative estimate of drug-likeness (QED) is 0.449. The molecule has 4 aromatic rings. The Hall–Kier alpha value is -4.21. The number of nitrogens with zero attached hydrogens (tertiary/aromatic N) is 3. The van der Waals surface area contributed by atoms with Crippen molar-refractivity contribution in [3.05, 3.63) is 59.5 Å². The van der Waals surface area contributed by atoms with Crippen molar-refractivity contribution in [3.8, 4) is 40.1 Å². The Morgan fingerprint density at radius 1 is 0.875 bits per heavy atom. The van der Waals surface area contributed by atoms with Gasteiger partial charge >= 0.3 is 0 Å². The summed E-state index contributed by atoms with van der Waals surface area (Å²) >= 11 is 0. The number of aromatic amines is 1. The van der Waals surface area contributed by atoms with Crippen LogP contribution < -0.4 is 14.2 Å². The lowest BCUT2D eigenvalue weighted by Gasteiger charge is -2.12. The fourth-order valence-electron chi connectivity index (χ4n) is 3.01. The van der Waals surface area contributed by atoms with Gasteiger partial charge in [0.2, 0.25) is 11.6 Å². The number of hydrogen-bond donors (Lipinski definition) is 1. The fourth-order valence-corrected chi connectivity index (χ4v) is 3.01. The summed E-state index contributed by atoms with van der Waals surface area (Å²) in [7, 11) is 4.60. The topological polar surface area (TPSA) is 95.3 Å². The van der Waals surface area contributed by atoms with Gasteiger partial charge in [0.05, 0.1) is 27.0 Å². The summed E-state index contributed by atoms with van der Waals surface area (Å²) < 4.78 is 48.3. The van der Waals surface area contributed by atoms with Crippen molar-refractivity contribution in [2.75, 3.05) is 21.3 Å². The van der Waals surface area contributed by atoms with Gasteiger partial charge in [-0.15, -0.1) is 10.2 Å². The van der Waals surface area contributed by atoms with E-state index in [0.29, 0.717) is 34.2 Å². The van der Waals surface area contributed by atoms with Crippen LogP contribution >= 0.6 is 0 Å². The summed E-state index contributed by atoms with van der Waals surface area (Å²) in [5.41, 5.74) is 2.02. The molecule has 0 fully saturated rings. The molecule has 0 spiro atoms. The van der Waals surface area contributed by atoms with E-state index < -0.39 is 11.6 Å². The Labute approximate surface area is 181 Å². The van der Waals surface area contributed by atoms with Gasteiger partial charge in [-0.1, -0.05) is 0 Å². The van der Waals surface area contributed by atoms with Crippen molar-refractivity contribution in [2.45, 2.75) is 0 Å². The third-order valence-corrected chi connectivity index (χ3v) is 4.57. The zero-order chi connectivity index (χ0) is 22.7. The smallest absolute Gasteiger partial charge is 0.266 e. The van der Waals surface area contributed by atoms with E-state index in [1.807, 2.05) is 0 Å². The molecule has 0 saturated heterocycles. The Bertz CT molecular complexity index is 1260. The molecule has 0 bridgehead atoms. The summed E-state index contributed by atoms with van der Waals surface area (Å²) in [4.78, 5) is 0. The van der Waals surface area contributed by atoms with Gasteiger partial charge in [-0.05, 0) is 48.0 Å². The van der Waals surface area contributed by atoms with Gasteiger partial charge in [-0.2, -0.15) is 5.10 Å². The van der Waals surface area contributed by atoms with Crippen LogP contribution in [0.15, 0.2) is 40.8 Å². The molecule has 1 N–H and O–H groups in total. The van der Waals surface area contributed by atoms with Gasteiger partial charge in [-0.25, -0.2) is 8.78 Å². The van der Waals surface area contributed by atoms with E-state index in [9.17, 15) is 8.78 Å². The minimum absolute atomic E-state index is 0.191. The predicted molar refractivity (Wildman–Crippen MR) is 112 cm³/mol. The normalized spacial score (nSPS) is 11.2. The summed E-state index contributed by atoms with van der Waals surface area (Å²) in [6.07, 6.45) is 3.38. The summed E-state index contributed by atoms with van der Waals surface area (Å²) in [5, 5.41) is 14.8. The highest BCUT2D eigenvalue weighted by Gasteiger charge is 2.14. The number of rotatable bonds is 7. The second kappa shape index (κ2) is 8.88. The second-order valence-corrected chi connectivity index (χ2v) is 6.53. The first-order valence-electron chi connectivity index (χ1n) is 9.35. The van der Waals surface area contributed by atoms with Gasteiger partial charge in [-0.3, -0.25) is 5.10 Å². The maximum atomic E-state index is 13.5. The number of halogens is 2. The summed E-state index contributed by atoms with van der Waals surface area (Å²) in [6, 6.07) is 8.69. The highest BCUT2D eigenvalue weighted by molar-refractivity contribution is 5.71. The van der Waals surface area contributed by atoms with E-state index in [4.69, 9.17) is 18.6 Å². The average Bonchev–Trinajstić information content (AvgIpc) is 3.48. The van der Waals surface area contributed by atoms with Crippen molar-refractivity contribution in [1.29, 1.82) is 0 Å². The molecule has 2 aromatic carbocycles. The lowest BCUT2D eigenvalue weighted by molar-refractivity contribution is 0.324. The zero-order valence-corrected chi connectivity index (χ0v) is 17.3. The van der Waals surface area contributed by atoms with E-state index in [0.717, 1.165) is 17.7 Å². The van der Waals surface area contributed by atoms with Gasteiger partial charge < -0.3 is 18.6 Å². The van der Waals surface area contributed by atoms with Gasteiger partial charge in [0.25, 0.3) is 5.89 Å². The lowest BCUT2D eigenvalue weighted by Crippen LogP contribution is -1.95. The maximum absolute atomic E-state index is 13.5. The Morgan fingerprint density at radius 3 is 2.28 bits per heavy atom. The minimum atomic E-state index is -0.955. The molecule has 0 aliphatic heterocycles. The van der Waals surface area contributed by atoms with Crippen LogP contribution in [0.5, 0.6) is 17.2 Å². The number of H-pyrrole nitrogens is 1. The SMILES string of the molecule is COc1cc(/C=C/c2nnc(-c3cc(-c4ccc(F)c(F)c4)n[nH]3)o2)cc(OC)c1OC. The van der Waals surface area contributed by atoms with E-state index in [2.05, 4.69) is 20.4 Å². The highest BCUT2D eigenvalue weighted by Crippen LogP contribution is 2.38. The molecule has 2 heterocycles. The number of ether oxygens (including phenoxy) is 3. The summed E-state index contributed by atoms with van der Waals surface area (Å²) in [6.45, 7) is 0. The molecular weight excluding hydrogens is 422 g/mol. The van der Waals surface area contributed by atoms with Crippen LogP contribution in [0.3, 0.4) is 0 Å². The molecule has 4 rings (SSSR count). The number of methoxy groups -OCH3 is 3. The number of hydrogen-bond acceptors (Lipinski definition) is 7. The fraction of sp³-hybridized carbons (Fsp3) is 0.136. The van der Waals surface area contributed by atoms with Crippen LogP contribution in [-0.2, 0) is 0 Å². The maximum Gasteiger partial charge on any atom is 0.266 e. The predicted octanol–water partition coefficient (Wildman–Crippen LogP) is 4.60. The number of nitrogens with one attached hydrogen (secondary N) is 1. The molecule has 0 radical (unpaired) electrons. The van der Waals surface area contributed by atoms with E-state index >= 15 is 0 Å². The largest absolute Gasteiger partial charge is 0.493 e. The summed E-state index contributed by atoms with van der Waals surface area (Å²) in [5.74, 6) is 0.0748. The van der Waals surface area contributed by atoms with Crippen molar-refractivity contribution in [2.24, 2.45) is 0 Å². The highest BCUT2D eigenvalue weighted by atomic mass is 19.2. The first-order valence-corrected chi connectivity index (χ1v) is 9.35. The molecule has 32 heavy (non-hydrogen) atoms. The molecule has 0 amide bonds. The van der Waals surface area contributed by atoms with E-state index in [1.165, 1.54) is 27.4 Å². The van der Waals surface area contributed by atoms with E-state index in [-0.39, 0.29) is 11.8 Å². The molecule has 10 heteroatoms. The molecule has 0 aliphatic carbocycles. The van der Waals surface area contributed by atoms with Crippen LogP contribution in [0.1, 0.15) is 11.5 Å². The lowest BCUT2D eigenvalue weighted by atomic mass is 10.1. The monoisotopic (exact) mass is 440 g/mol. The van der Waals surface area contributed by atoms with Crippen molar-refractivity contribution >= 4 is 12.2 Å². The van der Waals surface area contributed by atoms with Crippen LogP contribution in [0.4, 0.5) is 8.78 Å². The third kappa shape index (κ3) is 4.15. The van der Waals surface area contributed by atoms with Crippen LogP contribution in [0.25, 0.3) is 35.0 Å². The molecule has 0 saturated carbocycles. The van der Waals surface area contributed by atoms with Crippen LogP contribution in [-0.4, -0.2) is 41.7 Å². The number of benzene rings is 2. The molecule has 0 unspecified atom stereocenters. The molecule has 0 atom stereocenters. The molecule has 8 nitrogen and oxygen atoms in total. The van der Waals surface area contributed by atoms with Gasteiger partial charge in [0.15, 0.2) is 23.1 Å². The van der Waals surface area contributed by atoms with Gasteiger partial charge in [0.1, 0.15) is 5.69 Å². The standard InChI is InChI=1S/C22H18F2N4O4/c1-29-18-8-12(9-19(30-2)21(18)31-3)4-7-20-27-28-22(32-20)17-11-16(25-26-17)13-5-6-14(23)15(24)10-13/h4-11H,1-3H3,(H,25,26)/b7-4+. The Morgan fingerprint density at radius 2 is 1.62 bits per heavy atom. The van der Waals surface area contributed by atoms with Crippen LogP contribution in [0, 0.1) is 11.6 Å². The van der Waals surface area contributed by atoms with Crippen LogP contribution in [0.2, 0.25) is 0 Å². The first-order chi connectivity index (χ1) is 15.5. The molecular formula is C22H18F2N4O4. The minimum Gasteiger partial charge on any atom is -0.493 e. The first kappa shape index (κ1) is 21.0. The molecule has 2 aromatic heterocycles. The van der Waals surface area contributed by atoms with Gasteiger partial charge in [0, 0.05) is 11.6 Å². The molecule has 0 aliphatic rings. The Kier molecular flexibility index (Phi) is 5.84. The van der Waals surface area contributed by atoms with Crippen molar-refractivity contribution < 1.29 is 27.4 Å². The van der Waals surface area contributed by atoms with Crippen molar-refractivity contribution in [1.82, 2.24) is 20.4 Å².